The van der Waals surface area contributed by atoms with E-state index in [2.05, 4.69) is 56.0 Å². The van der Waals surface area contributed by atoms with Crippen LogP contribution in [-0.2, 0) is 10.2 Å². The van der Waals surface area contributed by atoms with Gasteiger partial charge in [-0.15, -0.1) is 0 Å². The molecular weight excluding hydrogens is 388 g/mol. The van der Waals surface area contributed by atoms with Gasteiger partial charge in [0.05, 0.1) is 12.1 Å². The molecule has 31 heavy (non-hydrogen) atoms. The Kier molecular flexibility index (Phi) is 5.81. The first-order valence-electron chi connectivity index (χ1n) is 10.9. The summed E-state index contributed by atoms with van der Waals surface area (Å²) in [7, 11) is 0. The second-order valence-corrected chi connectivity index (χ2v) is 8.89. The molecule has 0 saturated carbocycles. The second kappa shape index (κ2) is 8.53. The van der Waals surface area contributed by atoms with Gasteiger partial charge in [-0.05, 0) is 30.0 Å². The van der Waals surface area contributed by atoms with Crippen molar-refractivity contribution in [1.82, 2.24) is 14.9 Å². The Morgan fingerprint density at radius 2 is 1.65 bits per heavy atom. The van der Waals surface area contributed by atoms with E-state index in [-0.39, 0.29) is 11.5 Å². The summed E-state index contributed by atoms with van der Waals surface area (Å²) in [4.78, 5) is 25.9. The van der Waals surface area contributed by atoms with Crippen molar-refractivity contribution in [1.29, 1.82) is 0 Å². The first-order chi connectivity index (χ1) is 14.9. The van der Waals surface area contributed by atoms with E-state index in [1.54, 1.807) is 4.90 Å². The molecule has 1 aliphatic heterocycles. The Labute approximate surface area is 183 Å². The Bertz CT molecular complexity index is 1070. The topological polar surface area (TPSA) is 58.6 Å². The second-order valence-electron chi connectivity index (χ2n) is 8.89. The molecule has 0 spiro atoms. The minimum absolute atomic E-state index is 0.104. The van der Waals surface area contributed by atoms with Crippen molar-refractivity contribution >= 4 is 22.8 Å². The first kappa shape index (κ1) is 21.1. The number of nitrogens with zero attached hydrogens (tertiary/aromatic N) is 4. The quantitative estimate of drug-likeness (QED) is 0.607. The Balaban J connectivity index is 1.66. The third-order valence-electron chi connectivity index (χ3n) is 5.70. The molecule has 2 heterocycles. The number of anilines is 1. The number of benzene rings is 2. The molecule has 4 rings (SSSR count). The number of amides is 1. The number of piperazine rings is 1. The van der Waals surface area contributed by atoms with Gasteiger partial charge in [0.25, 0.3) is 0 Å². The smallest absolute Gasteiger partial charge is 0.409 e. The van der Waals surface area contributed by atoms with E-state index in [1.807, 2.05) is 25.1 Å². The van der Waals surface area contributed by atoms with Crippen LogP contribution in [0.2, 0.25) is 0 Å². The zero-order valence-corrected chi connectivity index (χ0v) is 18.8. The highest BCUT2D eigenvalue weighted by Crippen LogP contribution is 2.30. The number of ether oxygens (including phenoxy) is 1. The first-order valence-corrected chi connectivity index (χ1v) is 10.9. The number of carbonyl (C=O) groups excluding carboxylic acids is 1. The van der Waals surface area contributed by atoms with Crippen LogP contribution < -0.4 is 4.90 Å². The van der Waals surface area contributed by atoms with Crippen LogP contribution in [0.4, 0.5) is 10.6 Å². The number of hydrogen-bond donors (Lipinski definition) is 0. The Hall–Kier alpha value is -3.15. The van der Waals surface area contributed by atoms with Crippen LogP contribution in [0, 0.1) is 0 Å². The lowest BCUT2D eigenvalue weighted by molar-refractivity contribution is 0.105. The Morgan fingerprint density at radius 1 is 0.968 bits per heavy atom. The van der Waals surface area contributed by atoms with Gasteiger partial charge in [0, 0.05) is 37.1 Å². The molecule has 0 radical (unpaired) electrons. The summed E-state index contributed by atoms with van der Waals surface area (Å²) in [5, 5.41) is 1.03. The molecule has 1 saturated heterocycles. The fraction of sp³-hybridized carbons (Fsp3) is 0.400. The Morgan fingerprint density at radius 3 is 2.29 bits per heavy atom. The summed E-state index contributed by atoms with van der Waals surface area (Å²) in [6.45, 7) is 11.5. The van der Waals surface area contributed by atoms with Crippen molar-refractivity contribution in [2.75, 3.05) is 37.7 Å². The molecule has 6 heteroatoms. The summed E-state index contributed by atoms with van der Waals surface area (Å²) in [5.74, 6) is 1.64. The largest absolute Gasteiger partial charge is 0.450 e. The van der Waals surface area contributed by atoms with Crippen molar-refractivity contribution in [2.24, 2.45) is 0 Å². The molecule has 1 aromatic heterocycles. The normalized spacial score (nSPS) is 14.7. The van der Waals surface area contributed by atoms with Crippen LogP contribution in [0.15, 0.2) is 48.5 Å². The van der Waals surface area contributed by atoms with Crippen molar-refractivity contribution in [3.8, 4) is 11.4 Å². The van der Waals surface area contributed by atoms with E-state index < -0.39 is 0 Å². The zero-order chi connectivity index (χ0) is 22.0. The van der Waals surface area contributed by atoms with Crippen molar-refractivity contribution in [3.63, 3.8) is 0 Å². The maximum atomic E-state index is 12.1. The minimum Gasteiger partial charge on any atom is -0.450 e. The van der Waals surface area contributed by atoms with Crippen LogP contribution in [0.3, 0.4) is 0 Å². The van der Waals surface area contributed by atoms with Gasteiger partial charge in [-0.25, -0.2) is 14.8 Å². The number of carbonyl (C=O) groups is 1. The predicted molar refractivity (Wildman–Crippen MR) is 124 cm³/mol. The maximum absolute atomic E-state index is 12.1. The third-order valence-corrected chi connectivity index (χ3v) is 5.70. The van der Waals surface area contributed by atoms with Gasteiger partial charge >= 0.3 is 6.09 Å². The molecule has 0 N–H and O–H groups in total. The molecular formula is C25H30N4O2. The molecule has 1 aliphatic rings. The van der Waals surface area contributed by atoms with Gasteiger partial charge in [0.1, 0.15) is 5.82 Å². The standard InChI is InChI=1S/C25H30N4O2/c1-5-31-24(30)29-16-14-28(15-17-29)23-20-8-6-7-9-21(20)26-22(27-23)18-10-12-19(13-11-18)25(2,3)4/h6-13H,5,14-17H2,1-4H3. The molecule has 162 valence electrons. The van der Waals surface area contributed by atoms with Gasteiger partial charge in [-0.1, -0.05) is 57.2 Å². The lowest BCUT2D eigenvalue weighted by Gasteiger charge is -2.35. The van der Waals surface area contributed by atoms with Gasteiger partial charge < -0.3 is 14.5 Å². The molecule has 0 atom stereocenters. The average molecular weight is 419 g/mol. The third kappa shape index (κ3) is 4.48. The molecule has 6 nitrogen and oxygen atoms in total. The average Bonchev–Trinajstić information content (AvgIpc) is 2.78. The van der Waals surface area contributed by atoms with Crippen LogP contribution in [0.25, 0.3) is 22.3 Å². The summed E-state index contributed by atoms with van der Waals surface area (Å²) in [6.07, 6.45) is -0.241. The van der Waals surface area contributed by atoms with Crippen LogP contribution in [-0.4, -0.2) is 53.7 Å². The lowest BCUT2D eigenvalue weighted by Crippen LogP contribution is -2.49. The fourth-order valence-corrected chi connectivity index (χ4v) is 3.86. The number of para-hydroxylation sites is 1. The molecule has 2 aromatic carbocycles. The van der Waals surface area contributed by atoms with E-state index in [4.69, 9.17) is 14.7 Å². The summed E-state index contributed by atoms with van der Waals surface area (Å²) < 4.78 is 5.15. The lowest BCUT2D eigenvalue weighted by atomic mass is 9.87. The molecule has 0 bridgehead atoms. The number of hydrogen-bond acceptors (Lipinski definition) is 5. The van der Waals surface area contributed by atoms with Gasteiger partial charge in [-0.2, -0.15) is 0 Å². The van der Waals surface area contributed by atoms with E-state index >= 15 is 0 Å². The van der Waals surface area contributed by atoms with E-state index in [0.29, 0.717) is 32.8 Å². The van der Waals surface area contributed by atoms with Gasteiger partial charge in [0.15, 0.2) is 5.82 Å². The van der Waals surface area contributed by atoms with E-state index in [0.717, 1.165) is 28.1 Å². The zero-order valence-electron chi connectivity index (χ0n) is 18.8. The summed E-state index contributed by atoms with van der Waals surface area (Å²) >= 11 is 0. The SMILES string of the molecule is CCOC(=O)N1CCN(c2nc(-c3ccc(C(C)(C)C)cc3)nc3ccccc23)CC1. The molecule has 0 unspecified atom stereocenters. The van der Waals surface area contributed by atoms with Crippen molar-refractivity contribution in [3.05, 3.63) is 54.1 Å². The monoisotopic (exact) mass is 418 g/mol. The minimum atomic E-state index is -0.241. The summed E-state index contributed by atoms with van der Waals surface area (Å²) in [5.41, 5.74) is 3.32. The van der Waals surface area contributed by atoms with Gasteiger partial charge in [0.2, 0.25) is 0 Å². The molecule has 1 amide bonds. The predicted octanol–water partition coefficient (Wildman–Crippen LogP) is 4.87. The van der Waals surface area contributed by atoms with Crippen molar-refractivity contribution < 1.29 is 9.53 Å². The van der Waals surface area contributed by atoms with Crippen LogP contribution in [0.1, 0.15) is 33.3 Å². The highest BCUT2D eigenvalue weighted by Gasteiger charge is 2.24. The summed E-state index contributed by atoms with van der Waals surface area (Å²) in [6, 6.07) is 16.6. The maximum Gasteiger partial charge on any atom is 0.409 e. The van der Waals surface area contributed by atoms with Crippen LogP contribution >= 0.6 is 0 Å². The van der Waals surface area contributed by atoms with E-state index in [9.17, 15) is 4.79 Å². The van der Waals surface area contributed by atoms with Gasteiger partial charge in [-0.3, -0.25) is 0 Å². The number of rotatable bonds is 3. The van der Waals surface area contributed by atoms with Crippen LogP contribution in [0.5, 0.6) is 0 Å². The fourth-order valence-electron chi connectivity index (χ4n) is 3.86. The molecule has 1 fully saturated rings. The highest BCUT2D eigenvalue weighted by atomic mass is 16.6. The van der Waals surface area contributed by atoms with E-state index in [1.165, 1.54) is 5.56 Å². The molecule has 0 aliphatic carbocycles. The molecule has 3 aromatic rings. The number of fused-ring (bicyclic) bond motifs is 1. The van der Waals surface area contributed by atoms with Crippen molar-refractivity contribution in [2.45, 2.75) is 33.1 Å². The number of aromatic nitrogens is 2. The highest BCUT2D eigenvalue weighted by molar-refractivity contribution is 5.91.